The summed E-state index contributed by atoms with van der Waals surface area (Å²) < 4.78 is 0. The van der Waals surface area contributed by atoms with Crippen molar-refractivity contribution >= 4 is 5.91 Å². The third kappa shape index (κ3) is 2.55. The lowest BCUT2D eigenvalue weighted by Gasteiger charge is -2.37. The quantitative estimate of drug-likeness (QED) is 0.697. The van der Waals surface area contributed by atoms with E-state index in [1.807, 2.05) is 4.90 Å². The topological polar surface area (TPSA) is 35.6 Å². The third-order valence-corrected chi connectivity index (χ3v) is 3.84. The maximum absolute atomic E-state index is 11.2. The Kier molecular flexibility index (Phi) is 3.22. The fourth-order valence-electron chi connectivity index (χ4n) is 2.79. The second kappa shape index (κ2) is 4.34. The van der Waals surface area contributed by atoms with Gasteiger partial charge in [0.15, 0.2) is 0 Å². The van der Waals surface area contributed by atoms with Gasteiger partial charge in [0.05, 0.1) is 0 Å². The van der Waals surface area contributed by atoms with Crippen LogP contribution in [0.15, 0.2) is 0 Å². The predicted molar refractivity (Wildman–Crippen MR) is 64.3 cm³/mol. The first-order chi connectivity index (χ1) is 7.48. The van der Waals surface area contributed by atoms with Crippen molar-refractivity contribution in [3.63, 3.8) is 0 Å². The molecule has 1 atom stereocenters. The Morgan fingerprint density at radius 3 is 2.31 bits per heavy atom. The number of hydrogen-bond donors (Lipinski definition) is 1. The van der Waals surface area contributed by atoms with Gasteiger partial charge < -0.3 is 10.2 Å². The van der Waals surface area contributed by atoms with Crippen LogP contribution in [0, 0.1) is 0 Å². The van der Waals surface area contributed by atoms with Crippen molar-refractivity contribution in [1.82, 2.24) is 15.1 Å². The molecule has 2 fully saturated rings. The third-order valence-electron chi connectivity index (χ3n) is 3.84. The van der Waals surface area contributed by atoms with E-state index in [9.17, 15) is 4.79 Å². The molecule has 1 amide bonds. The van der Waals surface area contributed by atoms with Crippen LogP contribution < -0.4 is 5.32 Å². The van der Waals surface area contributed by atoms with E-state index in [4.69, 9.17) is 0 Å². The van der Waals surface area contributed by atoms with E-state index < -0.39 is 0 Å². The minimum atomic E-state index is 0.213. The summed E-state index contributed by atoms with van der Waals surface area (Å²) in [6.45, 7) is 11.1. The first-order valence-electron chi connectivity index (χ1n) is 6.22. The van der Waals surface area contributed by atoms with Crippen molar-refractivity contribution < 1.29 is 4.79 Å². The van der Waals surface area contributed by atoms with Crippen LogP contribution in [0.25, 0.3) is 0 Å². The van der Waals surface area contributed by atoms with Crippen molar-refractivity contribution in [1.29, 1.82) is 0 Å². The fraction of sp³-hybridized carbons (Fsp3) is 0.917. The number of nitrogens with zero attached hydrogens (tertiary/aromatic N) is 2. The largest absolute Gasteiger partial charge is 0.340 e. The molecule has 4 nitrogen and oxygen atoms in total. The Morgan fingerprint density at radius 2 is 1.88 bits per heavy atom. The second-order valence-electron chi connectivity index (χ2n) is 5.66. The lowest BCUT2D eigenvalue weighted by atomic mass is 10.0. The van der Waals surface area contributed by atoms with E-state index in [0.29, 0.717) is 6.04 Å². The highest BCUT2D eigenvalue weighted by molar-refractivity contribution is 5.73. The Hall–Kier alpha value is -0.610. The highest BCUT2D eigenvalue weighted by Crippen LogP contribution is 2.23. The number of carbonyl (C=O) groups excluding carboxylic acids is 1. The summed E-state index contributed by atoms with van der Waals surface area (Å²) in [6, 6.07) is 0.657. The Bertz CT molecular complexity index is 269. The molecule has 2 rings (SSSR count). The van der Waals surface area contributed by atoms with Gasteiger partial charge in [0.2, 0.25) is 5.91 Å². The van der Waals surface area contributed by atoms with Gasteiger partial charge in [-0.3, -0.25) is 9.69 Å². The van der Waals surface area contributed by atoms with Crippen LogP contribution in [0.2, 0.25) is 0 Å². The summed E-state index contributed by atoms with van der Waals surface area (Å²) in [4.78, 5) is 15.7. The Morgan fingerprint density at radius 1 is 1.25 bits per heavy atom. The lowest BCUT2D eigenvalue weighted by Crippen LogP contribution is -2.52. The molecule has 92 valence electrons. The Balaban J connectivity index is 1.84. The van der Waals surface area contributed by atoms with E-state index in [-0.39, 0.29) is 11.4 Å². The molecule has 0 aromatic carbocycles. The molecular formula is C12H23N3O. The normalized spacial score (nSPS) is 30.7. The van der Waals surface area contributed by atoms with Crippen molar-refractivity contribution in [2.24, 2.45) is 0 Å². The van der Waals surface area contributed by atoms with Gasteiger partial charge in [-0.1, -0.05) is 0 Å². The summed E-state index contributed by atoms with van der Waals surface area (Å²) in [7, 11) is 0. The van der Waals surface area contributed by atoms with Crippen LogP contribution in [0.5, 0.6) is 0 Å². The molecule has 0 aromatic heterocycles. The van der Waals surface area contributed by atoms with Crippen molar-refractivity contribution in [3.05, 3.63) is 0 Å². The monoisotopic (exact) mass is 225 g/mol. The van der Waals surface area contributed by atoms with Gasteiger partial charge >= 0.3 is 0 Å². The van der Waals surface area contributed by atoms with E-state index in [1.165, 1.54) is 6.42 Å². The van der Waals surface area contributed by atoms with Gasteiger partial charge in [-0.15, -0.1) is 0 Å². The molecular weight excluding hydrogens is 202 g/mol. The molecule has 0 radical (unpaired) electrons. The zero-order chi connectivity index (χ0) is 11.8. The number of carbonyl (C=O) groups is 1. The first kappa shape index (κ1) is 11.9. The molecule has 2 heterocycles. The molecule has 2 aliphatic heterocycles. The maximum atomic E-state index is 11.2. The highest BCUT2D eigenvalue weighted by atomic mass is 16.2. The predicted octanol–water partition coefficient (Wildman–Crippen LogP) is 0.291. The number of amides is 1. The second-order valence-corrected chi connectivity index (χ2v) is 5.66. The average Bonchev–Trinajstić information content (AvgIpc) is 2.59. The Labute approximate surface area is 98.0 Å². The SMILES string of the molecule is CC(=O)N1CCN(C2CNC(C)(C)C2)CC1. The minimum Gasteiger partial charge on any atom is -0.340 e. The van der Waals surface area contributed by atoms with Gasteiger partial charge in [-0.05, 0) is 20.3 Å². The van der Waals surface area contributed by atoms with Crippen LogP contribution in [0.4, 0.5) is 0 Å². The molecule has 0 bridgehead atoms. The van der Waals surface area contributed by atoms with Gasteiger partial charge in [-0.2, -0.15) is 0 Å². The van der Waals surface area contributed by atoms with E-state index in [2.05, 4.69) is 24.1 Å². The molecule has 2 aliphatic rings. The zero-order valence-electron chi connectivity index (χ0n) is 10.6. The molecule has 2 saturated heterocycles. The van der Waals surface area contributed by atoms with Crippen LogP contribution >= 0.6 is 0 Å². The van der Waals surface area contributed by atoms with Crippen molar-refractivity contribution in [3.8, 4) is 0 Å². The molecule has 0 aromatic rings. The minimum absolute atomic E-state index is 0.213. The number of nitrogens with one attached hydrogen (secondary N) is 1. The number of piperazine rings is 1. The first-order valence-corrected chi connectivity index (χ1v) is 6.22. The summed E-state index contributed by atoms with van der Waals surface area (Å²) in [5.74, 6) is 0.213. The van der Waals surface area contributed by atoms with Crippen LogP contribution in [0.1, 0.15) is 27.2 Å². The van der Waals surface area contributed by atoms with Gasteiger partial charge in [0, 0.05) is 51.2 Å². The fourth-order valence-corrected chi connectivity index (χ4v) is 2.79. The molecule has 0 saturated carbocycles. The smallest absolute Gasteiger partial charge is 0.219 e. The van der Waals surface area contributed by atoms with E-state index in [1.54, 1.807) is 6.92 Å². The van der Waals surface area contributed by atoms with Crippen LogP contribution in [-0.4, -0.2) is 60.0 Å². The summed E-state index contributed by atoms with van der Waals surface area (Å²) >= 11 is 0. The van der Waals surface area contributed by atoms with Crippen molar-refractivity contribution in [2.45, 2.75) is 38.8 Å². The highest BCUT2D eigenvalue weighted by Gasteiger charge is 2.35. The maximum Gasteiger partial charge on any atom is 0.219 e. The standard InChI is InChI=1S/C12H23N3O/c1-10(16)14-4-6-15(7-5-14)11-8-12(2,3)13-9-11/h11,13H,4-9H2,1-3H3. The molecule has 1 N–H and O–H groups in total. The van der Waals surface area contributed by atoms with Crippen molar-refractivity contribution in [2.75, 3.05) is 32.7 Å². The zero-order valence-corrected chi connectivity index (χ0v) is 10.6. The van der Waals surface area contributed by atoms with E-state index >= 15 is 0 Å². The summed E-state index contributed by atoms with van der Waals surface area (Å²) in [6.07, 6.45) is 1.22. The summed E-state index contributed by atoms with van der Waals surface area (Å²) in [5.41, 5.74) is 0.280. The van der Waals surface area contributed by atoms with E-state index in [0.717, 1.165) is 32.7 Å². The van der Waals surface area contributed by atoms with Crippen LogP contribution in [-0.2, 0) is 4.79 Å². The molecule has 16 heavy (non-hydrogen) atoms. The number of hydrogen-bond acceptors (Lipinski definition) is 3. The number of rotatable bonds is 1. The molecule has 0 spiro atoms. The molecule has 1 unspecified atom stereocenters. The van der Waals surface area contributed by atoms with Gasteiger partial charge in [0.25, 0.3) is 0 Å². The van der Waals surface area contributed by atoms with Gasteiger partial charge in [-0.25, -0.2) is 0 Å². The molecule has 4 heteroatoms. The lowest BCUT2D eigenvalue weighted by molar-refractivity contribution is -0.130. The van der Waals surface area contributed by atoms with Crippen LogP contribution in [0.3, 0.4) is 0 Å². The summed E-state index contributed by atoms with van der Waals surface area (Å²) in [5, 5.41) is 3.55. The molecule has 0 aliphatic carbocycles. The van der Waals surface area contributed by atoms with Gasteiger partial charge in [0.1, 0.15) is 0 Å². The average molecular weight is 225 g/mol.